The van der Waals surface area contributed by atoms with E-state index in [2.05, 4.69) is 30.6 Å². The molecule has 4 heteroatoms. The van der Waals surface area contributed by atoms with Crippen molar-refractivity contribution >= 4 is 0 Å². The zero-order valence-corrected chi connectivity index (χ0v) is 14.7. The average molecular weight is 321 g/mol. The molecule has 130 valence electrons. The van der Waals surface area contributed by atoms with E-state index < -0.39 is 5.60 Å². The molecule has 0 bridgehead atoms. The lowest BCUT2D eigenvalue weighted by atomic mass is 9.97. The molecule has 0 radical (unpaired) electrons. The van der Waals surface area contributed by atoms with Crippen molar-refractivity contribution < 1.29 is 14.6 Å². The fraction of sp³-hybridized carbons (Fsp3) is 0.579. The van der Waals surface area contributed by atoms with Crippen LogP contribution in [0.4, 0.5) is 0 Å². The van der Waals surface area contributed by atoms with E-state index >= 15 is 0 Å². The molecule has 0 aromatic heterocycles. The van der Waals surface area contributed by atoms with Crippen molar-refractivity contribution in [3.63, 3.8) is 0 Å². The molecule has 1 aliphatic heterocycles. The number of allylic oxidation sites excluding steroid dienone is 4. The van der Waals surface area contributed by atoms with Crippen LogP contribution in [0.15, 0.2) is 48.4 Å². The summed E-state index contributed by atoms with van der Waals surface area (Å²) in [7, 11) is 1.85. The number of hydrogen-bond donors (Lipinski definition) is 2. The van der Waals surface area contributed by atoms with Crippen LogP contribution in [0.25, 0.3) is 0 Å². The van der Waals surface area contributed by atoms with Crippen molar-refractivity contribution in [2.24, 2.45) is 0 Å². The molecule has 1 aliphatic carbocycles. The van der Waals surface area contributed by atoms with E-state index in [1.54, 1.807) is 13.8 Å². The third-order valence-electron chi connectivity index (χ3n) is 3.52. The summed E-state index contributed by atoms with van der Waals surface area (Å²) in [5.41, 5.74) is 1.50. The topological polar surface area (TPSA) is 50.7 Å². The summed E-state index contributed by atoms with van der Waals surface area (Å²) in [5, 5.41) is 12.5. The summed E-state index contributed by atoms with van der Waals surface area (Å²) in [5.74, 6) is 1.13. The Morgan fingerprint density at radius 1 is 1.57 bits per heavy atom. The molecule has 0 aromatic rings. The summed E-state index contributed by atoms with van der Waals surface area (Å²) >= 11 is 0. The Kier molecular flexibility index (Phi) is 8.13. The maximum absolute atomic E-state index is 9.59. The molecule has 4 nitrogen and oxygen atoms in total. The first-order valence-corrected chi connectivity index (χ1v) is 8.17. The molecule has 0 amide bonds. The highest BCUT2D eigenvalue weighted by atomic mass is 16.5. The Bertz CT molecular complexity index is 458. The highest BCUT2D eigenvalue weighted by Gasteiger charge is 2.24. The zero-order valence-electron chi connectivity index (χ0n) is 14.7. The van der Waals surface area contributed by atoms with Gasteiger partial charge in [0.15, 0.2) is 0 Å². The average Bonchev–Trinajstić information content (AvgIpc) is 2.53. The maximum Gasteiger partial charge on any atom is 0.114 e. The first-order chi connectivity index (χ1) is 10.9. The van der Waals surface area contributed by atoms with Crippen LogP contribution in [0.3, 0.4) is 0 Å². The van der Waals surface area contributed by atoms with Gasteiger partial charge in [-0.25, -0.2) is 0 Å². The Morgan fingerprint density at radius 3 is 2.87 bits per heavy atom. The quantitative estimate of drug-likeness (QED) is 0.736. The predicted molar refractivity (Wildman–Crippen MR) is 95.0 cm³/mol. The first-order valence-electron chi connectivity index (χ1n) is 8.17. The van der Waals surface area contributed by atoms with Crippen molar-refractivity contribution in [1.29, 1.82) is 0 Å². The highest BCUT2D eigenvalue weighted by Crippen LogP contribution is 2.29. The van der Waals surface area contributed by atoms with E-state index in [1.807, 2.05) is 13.1 Å². The van der Waals surface area contributed by atoms with Gasteiger partial charge >= 0.3 is 0 Å². The van der Waals surface area contributed by atoms with Crippen molar-refractivity contribution in [3.8, 4) is 0 Å². The maximum atomic E-state index is 9.59. The van der Waals surface area contributed by atoms with Gasteiger partial charge in [0.1, 0.15) is 6.61 Å². The summed E-state index contributed by atoms with van der Waals surface area (Å²) in [6.45, 7) is 11.7. The molecule has 23 heavy (non-hydrogen) atoms. The van der Waals surface area contributed by atoms with Crippen LogP contribution in [-0.4, -0.2) is 37.1 Å². The van der Waals surface area contributed by atoms with Gasteiger partial charge in [-0.2, -0.15) is 0 Å². The first kappa shape index (κ1) is 19.5. The van der Waals surface area contributed by atoms with Crippen LogP contribution in [0, 0.1) is 0 Å². The Balaban J connectivity index is 0.000000322. The standard InChI is InChI=1S/C13H20O3.C6H11N/c1-13(2,14)9-16-11-7-10-5-3-4-6-12(10)15-8-11;1-4-5-6(2)7-3/h3,5,11,14H,4,6-9H2,1-2H3;4,7H,1-2,5H2,3H3. The normalized spacial score (nSPS) is 19.9. The van der Waals surface area contributed by atoms with Crippen molar-refractivity contribution in [3.05, 3.63) is 48.4 Å². The molecule has 2 rings (SSSR count). The van der Waals surface area contributed by atoms with E-state index in [9.17, 15) is 5.11 Å². The van der Waals surface area contributed by atoms with E-state index in [4.69, 9.17) is 9.47 Å². The van der Waals surface area contributed by atoms with Gasteiger partial charge in [-0.15, -0.1) is 6.58 Å². The Morgan fingerprint density at radius 2 is 2.30 bits per heavy atom. The van der Waals surface area contributed by atoms with E-state index in [0.29, 0.717) is 13.2 Å². The van der Waals surface area contributed by atoms with E-state index in [0.717, 1.165) is 37.1 Å². The molecule has 1 atom stereocenters. The monoisotopic (exact) mass is 321 g/mol. The molecule has 0 saturated carbocycles. The lowest BCUT2D eigenvalue weighted by Crippen LogP contribution is -2.33. The van der Waals surface area contributed by atoms with Gasteiger partial charge < -0.3 is 19.9 Å². The molecular weight excluding hydrogens is 290 g/mol. The van der Waals surface area contributed by atoms with Crippen LogP contribution < -0.4 is 5.32 Å². The third kappa shape index (κ3) is 8.05. The third-order valence-corrected chi connectivity index (χ3v) is 3.52. The molecule has 0 saturated heterocycles. The summed E-state index contributed by atoms with van der Waals surface area (Å²) in [6, 6.07) is 0. The minimum Gasteiger partial charge on any atom is -0.495 e. The van der Waals surface area contributed by atoms with E-state index in [-0.39, 0.29) is 6.10 Å². The lowest BCUT2D eigenvalue weighted by molar-refractivity contribution is -0.0762. The number of nitrogens with one attached hydrogen (secondary N) is 1. The van der Waals surface area contributed by atoms with Crippen molar-refractivity contribution in [2.45, 2.75) is 51.2 Å². The van der Waals surface area contributed by atoms with Gasteiger partial charge in [0.05, 0.1) is 24.1 Å². The van der Waals surface area contributed by atoms with Crippen LogP contribution in [0.2, 0.25) is 0 Å². The summed E-state index contributed by atoms with van der Waals surface area (Å²) < 4.78 is 11.3. The van der Waals surface area contributed by atoms with Gasteiger partial charge in [0.25, 0.3) is 0 Å². The van der Waals surface area contributed by atoms with Gasteiger partial charge in [-0.3, -0.25) is 0 Å². The second-order valence-electron chi connectivity index (χ2n) is 6.50. The number of aliphatic hydroxyl groups is 1. The molecule has 1 unspecified atom stereocenters. The largest absolute Gasteiger partial charge is 0.495 e. The number of rotatable bonds is 6. The highest BCUT2D eigenvalue weighted by molar-refractivity contribution is 5.28. The Hall–Kier alpha value is -1.52. The summed E-state index contributed by atoms with van der Waals surface area (Å²) in [4.78, 5) is 0. The fourth-order valence-electron chi connectivity index (χ4n) is 2.24. The Labute approximate surface area is 140 Å². The molecule has 0 spiro atoms. The van der Waals surface area contributed by atoms with Gasteiger partial charge in [0.2, 0.25) is 0 Å². The zero-order chi connectivity index (χ0) is 17.3. The second-order valence-corrected chi connectivity index (χ2v) is 6.50. The van der Waals surface area contributed by atoms with Gasteiger partial charge in [-0.1, -0.05) is 24.8 Å². The lowest BCUT2D eigenvalue weighted by Gasteiger charge is -2.30. The SMILES string of the molecule is C=CCC(=C)NC.CC(C)(O)COC1COC2=C(C=CCC2)C1. The molecule has 2 N–H and O–H groups in total. The molecule has 1 heterocycles. The smallest absolute Gasteiger partial charge is 0.114 e. The van der Waals surface area contributed by atoms with Crippen LogP contribution in [0.1, 0.15) is 39.5 Å². The predicted octanol–water partition coefficient (Wildman–Crippen LogP) is 3.46. The van der Waals surface area contributed by atoms with Crippen molar-refractivity contribution in [1.82, 2.24) is 5.32 Å². The van der Waals surface area contributed by atoms with Crippen LogP contribution in [0.5, 0.6) is 0 Å². The van der Waals surface area contributed by atoms with Gasteiger partial charge in [-0.05, 0) is 25.8 Å². The minimum atomic E-state index is -0.767. The van der Waals surface area contributed by atoms with Gasteiger partial charge in [0, 0.05) is 32.0 Å². The van der Waals surface area contributed by atoms with E-state index in [1.165, 1.54) is 5.57 Å². The van der Waals surface area contributed by atoms with Crippen LogP contribution >= 0.6 is 0 Å². The van der Waals surface area contributed by atoms with Crippen molar-refractivity contribution in [2.75, 3.05) is 20.3 Å². The second kappa shape index (κ2) is 9.58. The molecule has 2 aliphatic rings. The van der Waals surface area contributed by atoms with Crippen LogP contribution in [-0.2, 0) is 9.47 Å². The molecule has 0 fully saturated rings. The number of ether oxygens (including phenoxy) is 2. The number of hydrogen-bond acceptors (Lipinski definition) is 4. The summed E-state index contributed by atoms with van der Waals surface area (Å²) in [6.07, 6.45) is 10.1. The fourth-order valence-corrected chi connectivity index (χ4v) is 2.24. The minimum absolute atomic E-state index is 0.0768. The molecular formula is C19H31NO3. The molecule has 0 aromatic carbocycles.